The first-order valence-corrected chi connectivity index (χ1v) is 8.90. The molecule has 0 heterocycles. The Hall–Kier alpha value is -2.19. The van der Waals surface area contributed by atoms with Gasteiger partial charge < -0.3 is 9.84 Å². The lowest BCUT2D eigenvalue weighted by atomic mass is 10.0. The van der Waals surface area contributed by atoms with Crippen molar-refractivity contribution in [2.24, 2.45) is 0 Å². The summed E-state index contributed by atoms with van der Waals surface area (Å²) in [4.78, 5) is 11.9. The molecule has 2 aromatic carbocycles. The Bertz CT molecular complexity index is 738. The molecule has 0 saturated carbocycles. The van der Waals surface area contributed by atoms with E-state index in [0.717, 1.165) is 29.2 Å². The van der Waals surface area contributed by atoms with E-state index >= 15 is 0 Å². The van der Waals surface area contributed by atoms with Gasteiger partial charge in [0.15, 0.2) is 0 Å². The summed E-state index contributed by atoms with van der Waals surface area (Å²) in [5.41, 5.74) is 0.00485. The van der Waals surface area contributed by atoms with Gasteiger partial charge in [0.1, 0.15) is 23.7 Å². The average Bonchev–Trinajstić information content (AvgIpc) is 2.60. The van der Waals surface area contributed by atoms with Crippen molar-refractivity contribution in [3.05, 3.63) is 59.9 Å². The second-order valence-electron chi connectivity index (χ2n) is 5.55. The summed E-state index contributed by atoms with van der Waals surface area (Å²) >= 11 is 1.46. The van der Waals surface area contributed by atoms with Crippen LogP contribution in [0.15, 0.2) is 53.4 Å². The Labute approximate surface area is 153 Å². The number of aliphatic carboxylic acids is 1. The molecule has 140 valence electrons. The van der Waals surface area contributed by atoms with Crippen LogP contribution in [0, 0.1) is 5.82 Å². The van der Waals surface area contributed by atoms with Gasteiger partial charge in [-0.3, -0.25) is 10.1 Å². The number of nitrogens with one attached hydrogen (secondary N) is 1. The molecule has 0 bridgehead atoms. The lowest BCUT2D eigenvalue weighted by molar-refractivity contribution is -0.202. The van der Waals surface area contributed by atoms with Crippen LogP contribution in [-0.2, 0) is 4.79 Å². The highest BCUT2D eigenvalue weighted by atomic mass is 32.2. The van der Waals surface area contributed by atoms with Gasteiger partial charge in [-0.05, 0) is 55.1 Å². The number of halogens is 3. The fourth-order valence-electron chi connectivity index (χ4n) is 2.22. The third-order valence-corrected chi connectivity index (χ3v) is 4.38. The minimum atomic E-state index is -3.78. The number of thioether (sulfide) groups is 1. The number of hydrogen-bond donors (Lipinski definition) is 2. The molecule has 0 aliphatic carbocycles. The van der Waals surface area contributed by atoms with Crippen LogP contribution in [0.2, 0.25) is 0 Å². The van der Waals surface area contributed by atoms with Crippen LogP contribution >= 0.6 is 11.8 Å². The van der Waals surface area contributed by atoms with Crippen molar-refractivity contribution in [2.75, 3.05) is 6.26 Å². The fraction of sp³-hybridized carbons (Fsp3) is 0.278. The molecule has 4 nitrogen and oxygen atoms in total. The zero-order valence-corrected chi connectivity index (χ0v) is 14.9. The molecule has 0 radical (unpaired) electrons. The standard InChI is InChI=1S/C18H18F3NO3S/c1-11(17(23)24)22-16(12-3-5-13(19)6-4-12)18(20,21)25-14-7-9-15(26-2)10-8-14/h3-11,16,22H,1-2H3,(H,23,24)/t11-,16+/m1/s1. The Balaban J connectivity index is 2.30. The second-order valence-corrected chi connectivity index (χ2v) is 6.43. The highest BCUT2D eigenvalue weighted by Gasteiger charge is 2.44. The van der Waals surface area contributed by atoms with E-state index in [4.69, 9.17) is 9.84 Å². The molecule has 2 aromatic rings. The molecule has 2 atom stereocenters. The van der Waals surface area contributed by atoms with Crippen molar-refractivity contribution in [1.82, 2.24) is 5.32 Å². The van der Waals surface area contributed by atoms with Crippen LogP contribution in [0.25, 0.3) is 0 Å². The molecule has 0 unspecified atom stereocenters. The maximum absolute atomic E-state index is 14.8. The number of ether oxygens (including phenoxy) is 1. The first-order chi connectivity index (χ1) is 12.2. The third kappa shape index (κ3) is 5.15. The predicted octanol–water partition coefficient (Wildman–Crippen LogP) is 4.32. The summed E-state index contributed by atoms with van der Waals surface area (Å²) in [6.07, 6.45) is -1.92. The van der Waals surface area contributed by atoms with E-state index < -0.39 is 30.0 Å². The number of rotatable bonds is 8. The number of hydrogen-bond acceptors (Lipinski definition) is 4. The summed E-state index contributed by atoms with van der Waals surface area (Å²) in [6, 6.07) is 7.41. The van der Waals surface area contributed by atoms with Gasteiger partial charge in [-0.25, -0.2) is 4.39 Å². The lowest BCUT2D eigenvalue weighted by Gasteiger charge is -2.29. The van der Waals surface area contributed by atoms with Gasteiger partial charge in [0, 0.05) is 4.90 Å². The number of carboxylic acid groups (broad SMARTS) is 1. The summed E-state index contributed by atoms with van der Waals surface area (Å²) in [5, 5.41) is 11.4. The molecule has 0 fully saturated rings. The van der Waals surface area contributed by atoms with Gasteiger partial charge >= 0.3 is 12.1 Å². The van der Waals surface area contributed by atoms with E-state index in [1.54, 1.807) is 12.1 Å². The molecular weight excluding hydrogens is 367 g/mol. The van der Waals surface area contributed by atoms with Crippen molar-refractivity contribution in [2.45, 2.75) is 30.0 Å². The largest absolute Gasteiger partial charge is 0.480 e. The normalized spacial score (nSPS) is 13.9. The number of carboxylic acids is 1. The molecule has 0 amide bonds. The second kappa shape index (κ2) is 8.46. The Morgan fingerprint density at radius 1 is 1.15 bits per heavy atom. The zero-order chi connectivity index (χ0) is 19.3. The minimum Gasteiger partial charge on any atom is -0.480 e. The van der Waals surface area contributed by atoms with Crippen LogP contribution in [0.3, 0.4) is 0 Å². The number of carbonyl (C=O) groups is 1. The van der Waals surface area contributed by atoms with Crippen molar-refractivity contribution in [3.63, 3.8) is 0 Å². The number of benzene rings is 2. The first kappa shape index (κ1) is 20.1. The van der Waals surface area contributed by atoms with Gasteiger partial charge in [-0.15, -0.1) is 11.8 Å². The smallest absolute Gasteiger partial charge is 0.417 e. The third-order valence-electron chi connectivity index (χ3n) is 3.64. The Morgan fingerprint density at radius 2 is 1.73 bits per heavy atom. The minimum absolute atomic E-state index is 0.00485. The Kier molecular flexibility index (Phi) is 6.55. The summed E-state index contributed by atoms with van der Waals surface area (Å²) in [5.74, 6) is -1.95. The maximum Gasteiger partial charge on any atom is 0.417 e. The van der Waals surface area contributed by atoms with E-state index in [1.807, 2.05) is 6.26 Å². The van der Waals surface area contributed by atoms with Gasteiger partial charge in [-0.2, -0.15) is 8.78 Å². The van der Waals surface area contributed by atoms with Crippen LogP contribution < -0.4 is 10.1 Å². The zero-order valence-electron chi connectivity index (χ0n) is 14.1. The monoisotopic (exact) mass is 385 g/mol. The van der Waals surface area contributed by atoms with Crippen LogP contribution in [0.5, 0.6) is 5.75 Å². The molecule has 8 heteroatoms. The van der Waals surface area contributed by atoms with E-state index in [-0.39, 0.29) is 11.3 Å². The number of alkyl halides is 2. The summed E-state index contributed by atoms with van der Waals surface area (Å²) in [7, 11) is 0. The molecule has 0 saturated heterocycles. The van der Waals surface area contributed by atoms with Crippen molar-refractivity contribution in [1.29, 1.82) is 0 Å². The molecule has 0 spiro atoms. The van der Waals surface area contributed by atoms with Crippen LogP contribution in [0.4, 0.5) is 13.2 Å². The highest BCUT2D eigenvalue weighted by molar-refractivity contribution is 7.98. The van der Waals surface area contributed by atoms with E-state index in [1.165, 1.54) is 30.8 Å². The maximum atomic E-state index is 14.8. The Morgan fingerprint density at radius 3 is 2.23 bits per heavy atom. The lowest BCUT2D eigenvalue weighted by Crippen LogP contribution is -2.47. The van der Waals surface area contributed by atoms with E-state index in [2.05, 4.69) is 5.32 Å². The SMILES string of the molecule is CSc1ccc(OC(F)(F)[C@@H](N[C@H](C)C(=O)O)c2ccc(F)cc2)cc1. The van der Waals surface area contributed by atoms with Crippen LogP contribution in [-0.4, -0.2) is 29.5 Å². The predicted molar refractivity (Wildman–Crippen MR) is 93.2 cm³/mol. The van der Waals surface area contributed by atoms with Gasteiger partial charge in [0.2, 0.25) is 0 Å². The molecule has 2 rings (SSSR count). The van der Waals surface area contributed by atoms with E-state index in [0.29, 0.717) is 0 Å². The molecule has 0 aromatic heterocycles. The van der Waals surface area contributed by atoms with Crippen molar-refractivity contribution >= 4 is 17.7 Å². The quantitative estimate of drug-likeness (QED) is 0.663. The molecule has 0 aliphatic heterocycles. The molecule has 0 aliphatic rings. The van der Waals surface area contributed by atoms with Crippen molar-refractivity contribution in [3.8, 4) is 5.75 Å². The topological polar surface area (TPSA) is 58.6 Å². The van der Waals surface area contributed by atoms with Gasteiger partial charge in [-0.1, -0.05) is 12.1 Å². The van der Waals surface area contributed by atoms with Crippen LogP contribution in [0.1, 0.15) is 18.5 Å². The molecule has 26 heavy (non-hydrogen) atoms. The molecule has 2 N–H and O–H groups in total. The summed E-state index contributed by atoms with van der Waals surface area (Å²) in [6.45, 7) is 1.24. The van der Waals surface area contributed by atoms with Crippen molar-refractivity contribution < 1.29 is 27.8 Å². The fourth-order valence-corrected chi connectivity index (χ4v) is 2.63. The highest BCUT2D eigenvalue weighted by Crippen LogP contribution is 2.35. The van der Waals surface area contributed by atoms with Gasteiger partial charge in [0.05, 0.1) is 0 Å². The molecular formula is C18H18F3NO3S. The van der Waals surface area contributed by atoms with E-state index in [9.17, 15) is 18.0 Å². The summed E-state index contributed by atoms with van der Waals surface area (Å²) < 4.78 is 47.5. The average molecular weight is 385 g/mol. The first-order valence-electron chi connectivity index (χ1n) is 7.68. The van der Waals surface area contributed by atoms with Gasteiger partial charge in [0.25, 0.3) is 0 Å².